The van der Waals surface area contributed by atoms with Crippen molar-refractivity contribution >= 4 is 40.0 Å². The molecule has 0 saturated heterocycles. The van der Waals surface area contributed by atoms with Crippen molar-refractivity contribution in [3.63, 3.8) is 0 Å². The number of nitrogens with one attached hydrogen (secondary N) is 1. The van der Waals surface area contributed by atoms with Gasteiger partial charge in [0.15, 0.2) is 11.3 Å². The number of Topliss-reactive ketones (excluding diaryl/α,β-unsaturated/α-hetero) is 1. The molecule has 186 valence electrons. The van der Waals surface area contributed by atoms with E-state index < -0.39 is 36.2 Å². The predicted octanol–water partition coefficient (Wildman–Crippen LogP) is 3.67. The highest BCUT2D eigenvalue weighted by Gasteiger charge is 2.50. The molecule has 8 nitrogen and oxygen atoms in total. The fourth-order valence-electron chi connectivity index (χ4n) is 4.50. The molecular weight excluding hydrogens is 468 g/mol. The number of fused-ring (bicyclic) bond motifs is 1. The van der Waals surface area contributed by atoms with Gasteiger partial charge >= 0.3 is 5.97 Å². The number of carboxylic acid groups (broad SMARTS) is 1. The first-order valence-corrected chi connectivity index (χ1v) is 11.6. The number of carboxylic acids is 1. The summed E-state index contributed by atoms with van der Waals surface area (Å²) in [5.74, 6) is -2.81. The monoisotopic (exact) mass is 494 g/mol. The SMILES string of the molecule is N=C(N)c1cccc(C(=O)C[C@](C(=O)O)(c2ccccc2)N(C(=O)CN)c2ccc3ccccc3c2)c1. The molecule has 6 N–H and O–H groups in total. The normalized spacial score (nSPS) is 12.5. The Kier molecular flexibility index (Phi) is 7.13. The van der Waals surface area contributed by atoms with E-state index in [9.17, 15) is 19.5 Å². The number of amides is 1. The number of benzene rings is 4. The van der Waals surface area contributed by atoms with Crippen molar-refractivity contribution in [2.45, 2.75) is 12.0 Å². The smallest absolute Gasteiger partial charge is 0.335 e. The van der Waals surface area contributed by atoms with Gasteiger partial charge in [-0.05, 0) is 34.5 Å². The Bertz CT molecular complexity index is 1500. The summed E-state index contributed by atoms with van der Waals surface area (Å²) in [4.78, 5) is 41.4. The van der Waals surface area contributed by atoms with Crippen LogP contribution in [0.3, 0.4) is 0 Å². The lowest BCUT2D eigenvalue weighted by Crippen LogP contribution is -2.57. The molecule has 37 heavy (non-hydrogen) atoms. The molecule has 0 unspecified atom stereocenters. The predicted molar refractivity (Wildman–Crippen MR) is 143 cm³/mol. The second kappa shape index (κ2) is 10.4. The van der Waals surface area contributed by atoms with Crippen molar-refractivity contribution < 1.29 is 19.5 Å². The number of aliphatic carboxylic acids is 1. The van der Waals surface area contributed by atoms with E-state index in [4.69, 9.17) is 16.9 Å². The van der Waals surface area contributed by atoms with Gasteiger partial charge in [-0.25, -0.2) is 4.79 Å². The van der Waals surface area contributed by atoms with E-state index in [1.165, 1.54) is 12.1 Å². The van der Waals surface area contributed by atoms with Crippen LogP contribution in [0.2, 0.25) is 0 Å². The summed E-state index contributed by atoms with van der Waals surface area (Å²) in [5.41, 5.74) is 10.3. The van der Waals surface area contributed by atoms with Gasteiger partial charge in [0.1, 0.15) is 5.84 Å². The molecule has 0 radical (unpaired) electrons. The molecule has 4 aromatic carbocycles. The number of anilines is 1. The Morgan fingerprint density at radius 2 is 1.46 bits per heavy atom. The van der Waals surface area contributed by atoms with Crippen LogP contribution in [0.15, 0.2) is 97.1 Å². The lowest BCUT2D eigenvalue weighted by molar-refractivity contribution is -0.145. The van der Waals surface area contributed by atoms with Crippen LogP contribution in [0, 0.1) is 5.41 Å². The summed E-state index contributed by atoms with van der Waals surface area (Å²) in [5, 5.41) is 20.2. The quantitative estimate of drug-likeness (QED) is 0.158. The zero-order valence-corrected chi connectivity index (χ0v) is 19.9. The van der Waals surface area contributed by atoms with Crippen molar-refractivity contribution in [3.05, 3.63) is 114 Å². The third-order valence-corrected chi connectivity index (χ3v) is 6.31. The van der Waals surface area contributed by atoms with E-state index in [1.54, 1.807) is 60.7 Å². The van der Waals surface area contributed by atoms with Gasteiger partial charge in [0.25, 0.3) is 0 Å². The van der Waals surface area contributed by atoms with Crippen LogP contribution >= 0.6 is 0 Å². The zero-order valence-electron chi connectivity index (χ0n) is 19.9. The number of nitrogen functional groups attached to an aromatic ring is 1. The molecule has 0 bridgehead atoms. The highest BCUT2D eigenvalue weighted by atomic mass is 16.4. The third kappa shape index (κ3) is 4.82. The van der Waals surface area contributed by atoms with Crippen molar-refractivity contribution in [3.8, 4) is 0 Å². The first-order chi connectivity index (χ1) is 17.8. The van der Waals surface area contributed by atoms with Crippen LogP contribution in [0.5, 0.6) is 0 Å². The lowest BCUT2D eigenvalue weighted by atomic mass is 9.81. The number of nitrogens with two attached hydrogens (primary N) is 2. The molecule has 4 aromatic rings. The molecule has 8 heteroatoms. The Morgan fingerprint density at radius 3 is 2.11 bits per heavy atom. The van der Waals surface area contributed by atoms with Gasteiger partial charge < -0.3 is 16.6 Å². The minimum atomic E-state index is -2.11. The van der Waals surface area contributed by atoms with Crippen molar-refractivity contribution in [1.82, 2.24) is 0 Å². The van der Waals surface area contributed by atoms with Crippen LogP contribution in [-0.2, 0) is 15.1 Å². The topological polar surface area (TPSA) is 151 Å². The summed E-state index contributed by atoms with van der Waals surface area (Å²) < 4.78 is 0. The van der Waals surface area contributed by atoms with Gasteiger partial charge in [-0.1, -0.05) is 78.9 Å². The number of ketones is 1. The number of hydrogen-bond acceptors (Lipinski definition) is 5. The first-order valence-electron chi connectivity index (χ1n) is 11.6. The first kappa shape index (κ1) is 25.3. The number of rotatable bonds is 9. The molecular formula is C29H26N4O4. The molecule has 4 rings (SSSR count). The van der Waals surface area contributed by atoms with E-state index in [0.717, 1.165) is 15.7 Å². The molecule has 0 aromatic heterocycles. The van der Waals surface area contributed by atoms with Crippen LogP contribution in [0.1, 0.15) is 27.9 Å². The maximum Gasteiger partial charge on any atom is 0.335 e. The lowest BCUT2D eigenvalue weighted by Gasteiger charge is -2.41. The van der Waals surface area contributed by atoms with E-state index >= 15 is 0 Å². The van der Waals surface area contributed by atoms with Gasteiger partial charge in [0.05, 0.1) is 6.54 Å². The van der Waals surface area contributed by atoms with E-state index in [2.05, 4.69) is 0 Å². The second-order valence-corrected chi connectivity index (χ2v) is 8.59. The van der Waals surface area contributed by atoms with Gasteiger partial charge in [0, 0.05) is 23.2 Å². The maximum absolute atomic E-state index is 13.6. The third-order valence-electron chi connectivity index (χ3n) is 6.31. The molecule has 0 fully saturated rings. The van der Waals surface area contributed by atoms with Gasteiger partial charge in [-0.15, -0.1) is 0 Å². The Morgan fingerprint density at radius 1 is 0.811 bits per heavy atom. The number of hydrogen-bond donors (Lipinski definition) is 4. The highest BCUT2D eigenvalue weighted by Crippen LogP contribution is 2.39. The minimum Gasteiger partial charge on any atom is -0.479 e. The van der Waals surface area contributed by atoms with Gasteiger partial charge in [-0.2, -0.15) is 0 Å². The van der Waals surface area contributed by atoms with E-state index in [0.29, 0.717) is 11.3 Å². The maximum atomic E-state index is 13.6. The highest BCUT2D eigenvalue weighted by molar-refractivity contribution is 6.09. The second-order valence-electron chi connectivity index (χ2n) is 8.59. The van der Waals surface area contributed by atoms with Crippen molar-refractivity contribution in [2.24, 2.45) is 11.5 Å². The molecule has 0 saturated carbocycles. The fourth-order valence-corrected chi connectivity index (χ4v) is 4.50. The minimum absolute atomic E-state index is 0.174. The van der Waals surface area contributed by atoms with Crippen molar-refractivity contribution in [2.75, 3.05) is 11.4 Å². The van der Waals surface area contributed by atoms with Crippen LogP contribution < -0.4 is 16.4 Å². The zero-order chi connectivity index (χ0) is 26.6. The summed E-state index contributed by atoms with van der Waals surface area (Å²) in [6, 6.07) is 26.9. The summed E-state index contributed by atoms with van der Waals surface area (Å²) in [6.45, 7) is -0.470. The number of amidine groups is 1. The Balaban J connectivity index is 1.95. The average Bonchev–Trinajstić information content (AvgIpc) is 2.92. The molecule has 0 heterocycles. The van der Waals surface area contributed by atoms with Gasteiger partial charge in [0.2, 0.25) is 5.91 Å². The molecule has 0 aliphatic rings. The molecule has 1 atom stereocenters. The fraction of sp³-hybridized carbons (Fsp3) is 0.103. The summed E-state index contributed by atoms with van der Waals surface area (Å²) in [6.07, 6.45) is -0.577. The summed E-state index contributed by atoms with van der Waals surface area (Å²) >= 11 is 0. The van der Waals surface area contributed by atoms with Crippen molar-refractivity contribution in [1.29, 1.82) is 5.41 Å². The van der Waals surface area contributed by atoms with Crippen LogP contribution in [0.25, 0.3) is 10.8 Å². The standard InChI is InChI=1S/C29H26N4O4/c30-18-26(35)33(24-14-13-19-7-4-5-8-20(19)16-24)29(28(36)37,23-11-2-1-3-12-23)17-25(34)21-9-6-10-22(15-21)27(31)32/h1-16H,17-18,30H2,(H3,31,32)(H,36,37)/t29-/m1/s1. The average molecular weight is 495 g/mol. The largest absolute Gasteiger partial charge is 0.479 e. The number of carbonyl (C=O) groups is 3. The molecule has 0 aliphatic carbocycles. The van der Waals surface area contributed by atoms with Crippen LogP contribution in [0.4, 0.5) is 5.69 Å². The van der Waals surface area contributed by atoms with Crippen LogP contribution in [-0.4, -0.2) is 35.1 Å². The number of carbonyl (C=O) groups excluding carboxylic acids is 2. The molecule has 1 amide bonds. The van der Waals surface area contributed by atoms with E-state index in [-0.39, 0.29) is 17.0 Å². The Hall–Kier alpha value is -4.82. The number of nitrogens with zero attached hydrogens (tertiary/aromatic N) is 1. The molecule has 0 spiro atoms. The van der Waals surface area contributed by atoms with E-state index in [1.807, 2.05) is 24.3 Å². The van der Waals surface area contributed by atoms with Gasteiger partial charge in [-0.3, -0.25) is 19.9 Å². The Labute approximate surface area is 213 Å². The summed E-state index contributed by atoms with van der Waals surface area (Å²) in [7, 11) is 0. The molecule has 0 aliphatic heterocycles.